The molecule has 6 heteroatoms. The Labute approximate surface area is 162 Å². The Balaban J connectivity index is 1.54. The first kappa shape index (κ1) is 20.0. The van der Waals surface area contributed by atoms with Crippen LogP contribution >= 0.6 is 0 Å². The van der Waals surface area contributed by atoms with Crippen LogP contribution in [0, 0.1) is 0 Å². The molecule has 3 rings (SSSR count). The largest absolute Gasteiger partial charge is 0.412 e. The average molecular weight is 376 g/mol. The molecule has 2 aliphatic rings. The van der Waals surface area contributed by atoms with Crippen molar-refractivity contribution >= 4 is 11.8 Å². The molecule has 1 unspecified atom stereocenters. The fourth-order valence-electron chi connectivity index (χ4n) is 4.69. The second-order valence-electron chi connectivity index (χ2n) is 8.33. The molecule has 2 heterocycles. The highest BCUT2D eigenvalue weighted by Crippen LogP contribution is 2.51. The number of aliphatic hydroxyl groups is 1. The summed E-state index contributed by atoms with van der Waals surface area (Å²) in [6, 6.07) is 5.97. The number of unbranched alkanes of at least 4 members (excludes halogenated alkanes) is 2. The van der Waals surface area contributed by atoms with Crippen LogP contribution in [0.5, 0.6) is 5.75 Å². The number of likely N-dealkylation sites (tertiary alicyclic amines) is 1. The molecular formula is C21H33N3O3. The highest BCUT2D eigenvalue weighted by molar-refractivity contribution is 5.72. The minimum Gasteiger partial charge on any atom is -0.410 e. The van der Waals surface area contributed by atoms with Crippen molar-refractivity contribution in [1.82, 2.24) is 10.2 Å². The van der Waals surface area contributed by atoms with Gasteiger partial charge in [0.05, 0.1) is 12.3 Å². The fourth-order valence-corrected chi connectivity index (χ4v) is 4.69. The third-order valence-corrected chi connectivity index (χ3v) is 6.08. The average Bonchev–Trinajstić information content (AvgIpc) is 3.03. The highest BCUT2D eigenvalue weighted by atomic mass is 16.6. The Morgan fingerprint density at radius 3 is 2.89 bits per heavy atom. The van der Waals surface area contributed by atoms with Gasteiger partial charge < -0.3 is 20.1 Å². The van der Waals surface area contributed by atoms with Gasteiger partial charge >= 0.3 is 6.09 Å². The van der Waals surface area contributed by atoms with Crippen LogP contribution < -0.4 is 15.0 Å². The van der Waals surface area contributed by atoms with Crippen LogP contribution in [-0.4, -0.2) is 55.6 Å². The molecule has 6 nitrogen and oxygen atoms in total. The zero-order chi connectivity index (χ0) is 19.6. The number of ether oxygens (including phenoxy) is 1. The normalized spacial score (nSPS) is 25.2. The number of carbonyl (C=O) groups excluding carboxylic acids is 1. The van der Waals surface area contributed by atoms with Crippen LogP contribution in [0.3, 0.4) is 0 Å². The molecule has 0 saturated carbocycles. The molecule has 0 radical (unpaired) electrons. The Hall–Kier alpha value is -1.79. The van der Waals surface area contributed by atoms with Gasteiger partial charge in [0.15, 0.2) is 0 Å². The second-order valence-corrected chi connectivity index (χ2v) is 8.33. The van der Waals surface area contributed by atoms with Crippen molar-refractivity contribution in [2.75, 3.05) is 32.1 Å². The standard InChI is InChI=1S/C21H33N3O3/c1-15(25)8-6-5-7-12-22-20(26)27-16-9-10-18-17(14-16)21(2)11-13-23(3)19(21)24(18)4/h9-10,14-15,19,25H,5-8,11-13H2,1-4H3,(H,22,26)/t15?,19-,21+/m1/s1. The quantitative estimate of drug-likeness (QED) is 0.717. The van der Waals surface area contributed by atoms with Crippen LogP contribution in [0.2, 0.25) is 0 Å². The van der Waals surface area contributed by atoms with Crippen molar-refractivity contribution < 1.29 is 14.6 Å². The van der Waals surface area contributed by atoms with Crippen molar-refractivity contribution in [2.24, 2.45) is 0 Å². The molecule has 27 heavy (non-hydrogen) atoms. The molecule has 2 N–H and O–H groups in total. The van der Waals surface area contributed by atoms with Crippen molar-refractivity contribution in [3.05, 3.63) is 23.8 Å². The number of amides is 1. The smallest absolute Gasteiger partial charge is 0.410 e. The number of benzene rings is 1. The Kier molecular flexibility index (Phi) is 5.96. The molecule has 0 aromatic heterocycles. The Morgan fingerprint density at radius 2 is 2.15 bits per heavy atom. The van der Waals surface area contributed by atoms with Crippen LogP contribution in [0.25, 0.3) is 0 Å². The topological polar surface area (TPSA) is 65.0 Å². The molecular weight excluding hydrogens is 342 g/mol. The maximum Gasteiger partial charge on any atom is 0.412 e. The molecule has 0 aliphatic carbocycles. The van der Waals surface area contributed by atoms with Crippen LogP contribution in [-0.2, 0) is 5.41 Å². The van der Waals surface area contributed by atoms with Gasteiger partial charge in [-0.25, -0.2) is 4.79 Å². The molecule has 1 fully saturated rings. The van der Waals surface area contributed by atoms with E-state index in [1.54, 1.807) is 6.92 Å². The zero-order valence-corrected chi connectivity index (χ0v) is 17.0. The number of rotatable bonds is 7. The predicted molar refractivity (Wildman–Crippen MR) is 107 cm³/mol. The molecule has 1 amide bonds. The van der Waals surface area contributed by atoms with Crippen LogP contribution in [0.15, 0.2) is 18.2 Å². The van der Waals surface area contributed by atoms with E-state index < -0.39 is 6.09 Å². The molecule has 2 aliphatic heterocycles. The number of fused-ring (bicyclic) bond motifs is 3. The van der Waals surface area contributed by atoms with Crippen molar-refractivity contribution in [1.29, 1.82) is 0 Å². The summed E-state index contributed by atoms with van der Waals surface area (Å²) in [5.41, 5.74) is 2.56. The van der Waals surface area contributed by atoms with Gasteiger partial charge in [-0.05, 0) is 57.0 Å². The van der Waals surface area contributed by atoms with Gasteiger partial charge in [-0.3, -0.25) is 4.90 Å². The summed E-state index contributed by atoms with van der Waals surface area (Å²) < 4.78 is 5.52. The summed E-state index contributed by atoms with van der Waals surface area (Å²) in [5.74, 6) is 0.602. The van der Waals surface area contributed by atoms with Gasteiger partial charge in [-0.2, -0.15) is 0 Å². The monoisotopic (exact) mass is 375 g/mol. The maximum atomic E-state index is 12.1. The molecule has 0 bridgehead atoms. The van der Waals surface area contributed by atoms with Gasteiger partial charge in [-0.1, -0.05) is 19.8 Å². The molecule has 1 aromatic carbocycles. The van der Waals surface area contributed by atoms with E-state index >= 15 is 0 Å². The Morgan fingerprint density at radius 1 is 1.37 bits per heavy atom. The summed E-state index contributed by atoms with van der Waals surface area (Å²) in [7, 11) is 4.31. The third-order valence-electron chi connectivity index (χ3n) is 6.08. The van der Waals surface area contributed by atoms with E-state index in [9.17, 15) is 9.90 Å². The Bertz CT molecular complexity index is 679. The lowest BCUT2D eigenvalue weighted by atomic mass is 9.81. The number of likely N-dealkylation sites (N-methyl/N-ethyl adjacent to an activating group) is 2. The fraction of sp³-hybridized carbons (Fsp3) is 0.667. The molecule has 0 spiro atoms. The number of nitrogens with one attached hydrogen (secondary N) is 1. The van der Waals surface area contributed by atoms with Gasteiger partial charge in [-0.15, -0.1) is 0 Å². The molecule has 1 saturated heterocycles. The molecule has 150 valence electrons. The third kappa shape index (κ3) is 4.06. The lowest BCUT2D eigenvalue weighted by Crippen LogP contribution is -2.45. The van der Waals surface area contributed by atoms with Crippen LogP contribution in [0.1, 0.15) is 51.5 Å². The van der Waals surface area contributed by atoms with Crippen molar-refractivity contribution in [3.8, 4) is 5.75 Å². The first-order valence-electron chi connectivity index (χ1n) is 10.0. The van der Waals surface area contributed by atoms with E-state index in [0.717, 1.165) is 38.6 Å². The van der Waals surface area contributed by atoms with E-state index in [-0.39, 0.29) is 11.5 Å². The summed E-state index contributed by atoms with van der Waals surface area (Å²) in [5, 5.41) is 12.1. The summed E-state index contributed by atoms with van der Waals surface area (Å²) in [6.07, 6.45) is 4.48. The number of anilines is 1. The number of carbonyl (C=O) groups is 1. The molecule has 1 aromatic rings. The van der Waals surface area contributed by atoms with Crippen LogP contribution in [0.4, 0.5) is 10.5 Å². The maximum absolute atomic E-state index is 12.1. The summed E-state index contributed by atoms with van der Waals surface area (Å²) in [6.45, 7) is 5.78. The summed E-state index contributed by atoms with van der Waals surface area (Å²) >= 11 is 0. The zero-order valence-electron chi connectivity index (χ0n) is 17.0. The number of hydrogen-bond donors (Lipinski definition) is 2. The van der Waals surface area contributed by atoms with E-state index in [1.165, 1.54) is 11.3 Å². The first-order chi connectivity index (χ1) is 12.8. The van der Waals surface area contributed by atoms with Crippen molar-refractivity contribution in [3.63, 3.8) is 0 Å². The van der Waals surface area contributed by atoms with E-state index in [0.29, 0.717) is 18.5 Å². The van der Waals surface area contributed by atoms with Gasteiger partial charge in [0.25, 0.3) is 0 Å². The first-order valence-corrected chi connectivity index (χ1v) is 10.0. The summed E-state index contributed by atoms with van der Waals surface area (Å²) in [4.78, 5) is 16.8. The predicted octanol–water partition coefficient (Wildman–Crippen LogP) is 3.09. The number of nitrogens with zero attached hydrogens (tertiary/aromatic N) is 2. The second kappa shape index (κ2) is 8.07. The number of hydrogen-bond acceptors (Lipinski definition) is 5. The number of aliphatic hydroxyl groups excluding tert-OH is 1. The van der Waals surface area contributed by atoms with E-state index in [2.05, 4.69) is 42.2 Å². The highest BCUT2D eigenvalue weighted by Gasteiger charge is 2.52. The van der Waals surface area contributed by atoms with E-state index in [4.69, 9.17) is 4.74 Å². The SMILES string of the molecule is CC(O)CCCCCNC(=O)Oc1ccc2c(c1)[C@]1(C)CCN(C)[C@@H]1N2C. The van der Waals surface area contributed by atoms with Gasteiger partial charge in [0.2, 0.25) is 0 Å². The van der Waals surface area contributed by atoms with E-state index in [1.807, 2.05) is 12.1 Å². The van der Waals surface area contributed by atoms with Gasteiger partial charge in [0, 0.05) is 31.2 Å². The lowest BCUT2D eigenvalue weighted by Gasteiger charge is -2.32. The molecule has 3 atom stereocenters. The van der Waals surface area contributed by atoms with Gasteiger partial charge in [0.1, 0.15) is 5.75 Å². The lowest BCUT2D eigenvalue weighted by molar-refractivity contribution is 0.180. The minimum absolute atomic E-state index is 0.0680. The van der Waals surface area contributed by atoms with Crippen molar-refractivity contribution in [2.45, 2.75) is 63.6 Å². The minimum atomic E-state index is -0.401.